The van der Waals surface area contributed by atoms with Crippen molar-refractivity contribution in [2.75, 3.05) is 0 Å². The van der Waals surface area contributed by atoms with Gasteiger partial charge in [0, 0.05) is 9.75 Å². The fraction of sp³-hybridized carbons (Fsp3) is 0.455. The van der Waals surface area contributed by atoms with Crippen LogP contribution in [0.3, 0.4) is 0 Å². The van der Waals surface area contributed by atoms with E-state index in [2.05, 4.69) is 5.10 Å². The molecular formula is C11H16N2O2S. The summed E-state index contributed by atoms with van der Waals surface area (Å²) in [6.07, 6.45) is 0.536. The van der Waals surface area contributed by atoms with Gasteiger partial charge in [0.05, 0.1) is 11.8 Å². The van der Waals surface area contributed by atoms with Crippen LogP contribution in [0, 0.1) is 6.92 Å². The predicted molar refractivity (Wildman–Crippen MR) is 66.3 cm³/mol. The Bertz CT molecular complexity index is 404. The van der Waals surface area contributed by atoms with E-state index in [1.807, 2.05) is 19.1 Å². The highest BCUT2D eigenvalue weighted by Crippen LogP contribution is 2.16. The lowest BCUT2D eigenvalue weighted by Crippen LogP contribution is -2.41. The first-order chi connectivity index (χ1) is 7.30. The number of rotatable bonds is 2. The molecule has 5 heteroatoms. The average Bonchev–Trinajstić information content (AvgIpc) is 2.48. The highest BCUT2D eigenvalue weighted by molar-refractivity contribution is 7.13. The molecule has 88 valence electrons. The number of hydrogen-bond acceptors (Lipinski definition) is 3. The van der Waals surface area contributed by atoms with Crippen LogP contribution >= 0.6 is 11.3 Å². The second kappa shape index (κ2) is 4.65. The zero-order valence-electron chi connectivity index (χ0n) is 9.89. The summed E-state index contributed by atoms with van der Waals surface area (Å²) < 4.78 is 0. The quantitative estimate of drug-likeness (QED) is 0.637. The van der Waals surface area contributed by atoms with E-state index in [9.17, 15) is 4.79 Å². The van der Waals surface area contributed by atoms with Crippen molar-refractivity contribution in [1.29, 1.82) is 0 Å². The molecule has 4 nitrogen and oxygen atoms in total. The van der Waals surface area contributed by atoms with E-state index in [0.717, 1.165) is 9.89 Å². The Balaban J connectivity index is 2.84. The lowest BCUT2D eigenvalue weighted by molar-refractivity contribution is 0.103. The predicted octanol–water partition coefficient (Wildman–Crippen LogP) is 3.17. The second-order valence-corrected chi connectivity index (χ2v) is 5.78. The summed E-state index contributed by atoms with van der Waals surface area (Å²) in [5.74, 6) is 0. The molecule has 0 aromatic carbocycles. The van der Waals surface area contributed by atoms with Crippen LogP contribution in [-0.2, 0) is 0 Å². The van der Waals surface area contributed by atoms with Crippen molar-refractivity contribution < 1.29 is 9.90 Å². The normalized spacial score (nSPS) is 12.0. The van der Waals surface area contributed by atoms with Gasteiger partial charge in [-0.2, -0.15) is 10.1 Å². The maximum absolute atomic E-state index is 11.0. The van der Waals surface area contributed by atoms with E-state index >= 15 is 0 Å². The summed E-state index contributed by atoms with van der Waals surface area (Å²) in [7, 11) is 0. The van der Waals surface area contributed by atoms with Crippen molar-refractivity contribution in [1.82, 2.24) is 5.01 Å². The summed E-state index contributed by atoms with van der Waals surface area (Å²) >= 11 is 1.58. The van der Waals surface area contributed by atoms with Crippen molar-refractivity contribution >= 4 is 23.6 Å². The Labute approximate surface area is 99.2 Å². The molecule has 0 fully saturated rings. The third-order valence-corrected chi connectivity index (χ3v) is 2.81. The fourth-order valence-electron chi connectivity index (χ4n) is 1.15. The highest BCUT2D eigenvalue weighted by atomic mass is 32.1. The van der Waals surface area contributed by atoms with Gasteiger partial charge >= 0.3 is 6.09 Å². The van der Waals surface area contributed by atoms with E-state index < -0.39 is 11.6 Å². The third-order valence-electron chi connectivity index (χ3n) is 1.88. The van der Waals surface area contributed by atoms with Gasteiger partial charge in [-0.1, -0.05) is 0 Å². The maximum Gasteiger partial charge on any atom is 0.428 e. The Morgan fingerprint density at radius 2 is 2.12 bits per heavy atom. The molecule has 1 N–H and O–H groups in total. The Morgan fingerprint density at radius 1 is 1.50 bits per heavy atom. The van der Waals surface area contributed by atoms with E-state index in [1.54, 1.807) is 38.3 Å². The van der Waals surface area contributed by atoms with Crippen LogP contribution in [-0.4, -0.2) is 28.0 Å². The first-order valence-corrected chi connectivity index (χ1v) is 5.76. The summed E-state index contributed by atoms with van der Waals surface area (Å²) in [5.41, 5.74) is -0.533. The van der Waals surface area contributed by atoms with Gasteiger partial charge in [-0.05, 0) is 39.8 Å². The first-order valence-electron chi connectivity index (χ1n) is 4.94. The van der Waals surface area contributed by atoms with Gasteiger partial charge in [-0.3, -0.25) is 0 Å². The largest absolute Gasteiger partial charge is 0.464 e. The molecule has 1 rings (SSSR count). The average molecular weight is 240 g/mol. The highest BCUT2D eigenvalue weighted by Gasteiger charge is 2.25. The number of amides is 1. The van der Waals surface area contributed by atoms with Gasteiger partial charge < -0.3 is 5.11 Å². The molecule has 0 radical (unpaired) electrons. The minimum absolute atomic E-state index is 0.533. The van der Waals surface area contributed by atoms with Crippen LogP contribution in [0.5, 0.6) is 0 Å². The number of hydrogen-bond donors (Lipinski definition) is 1. The molecule has 1 aromatic heterocycles. The minimum atomic E-state index is -1.04. The van der Waals surface area contributed by atoms with Gasteiger partial charge in [0.25, 0.3) is 0 Å². The Morgan fingerprint density at radius 3 is 2.50 bits per heavy atom. The molecule has 0 aliphatic heterocycles. The van der Waals surface area contributed by atoms with Crippen molar-refractivity contribution in [3.63, 3.8) is 0 Å². The van der Waals surface area contributed by atoms with E-state index in [-0.39, 0.29) is 0 Å². The van der Waals surface area contributed by atoms with Crippen LogP contribution < -0.4 is 0 Å². The lowest BCUT2D eigenvalue weighted by atomic mass is 10.1. The summed E-state index contributed by atoms with van der Waals surface area (Å²) in [6.45, 7) is 7.41. The van der Waals surface area contributed by atoms with Crippen LogP contribution in [0.2, 0.25) is 0 Å². The molecule has 16 heavy (non-hydrogen) atoms. The van der Waals surface area contributed by atoms with Crippen molar-refractivity contribution in [3.8, 4) is 0 Å². The van der Waals surface area contributed by atoms with Gasteiger partial charge in [0.15, 0.2) is 0 Å². The van der Waals surface area contributed by atoms with Crippen molar-refractivity contribution in [2.24, 2.45) is 5.10 Å². The molecule has 1 amide bonds. The lowest BCUT2D eigenvalue weighted by Gasteiger charge is -2.27. The Hall–Kier alpha value is -1.36. The van der Waals surface area contributed by atoms with Gasteiger partial charge in [-0.25, -0.2) is 4.79 Å². The van der Waals surface area contributed by atoms with Crippen LogP contribution in [0.25, 0.3) is 0 Å². The van der Waals surface area contributed by atoms with Crippen LogP contribution in [0.1, 0.15) is 30.5 Å². The summed E-state index contributed by atoms with van der Waals surface area (Å²) in [5, 5.41) is 14.1. The van der Waals surface area contributed by atoms with Crippen molar-refractivity contribution in [2.45, 2.75) is 33.2 Å². The smallest absolute Gasteiger partial charge is 0.428 e. The topological polar surface area (TPSA) is 52.9 Å². The molecule has 1 aromatic rings. The standard InChI is InChI=1S/C11H16N2O2S/c1-8-5-6-9(16-8)7-12-13(10(14)15)11(2,3)4/h5-7H,1-4H3,(H,14,15)/b12-7+. The van der Waals surface area contributed by atoms with Gasteiger partial charge in [-0.15, -0.1) is 11.3 Å². The van der Waals surface area contributed by atoms with Gasteiger partial charge in [0.1, 0.15) is 0 Å². The number of aryl methyl sites for hydroxylation is 1. The zero-order chi connectivity index (χ0) is 12.3. The first kappa shape index (κ1) is 12.7. The fourth-order valence-corrected chi connectivity index (χ4v) is 1.89. The number of carbonyl (C=O) groups is 1. The summed E-state index contributed by atoms with van der Waals surface area (Å²) in [6, 6.07) is 3.90. The number of carboxylic acid groups (broad SMARTS) is 1. The number of thiophene rings is 1. The molecule has 0 saturated heterocycles. The summed E-state index contributed by atoms with van der Waals surface area (Å²) in [4.78, 5) is 13.1. The number of hydrazone groups is 1. The monoisotopic (exact) mass is 240 g/mol. The maximum atomic E-state index is 11.0. The SMILES string of the molecule is Cc1ccc(/C=N/N(C(=O)O)C(C)(C)C)s1. The van der Waals surface area contributed by atoms with Crippen LogP contribution in [0.15, 0.2) is 17.2 Å². The van der Waals surface area contributed by atoms with E-state index in [1.165, 1.54) is 4.88 Å². The number of nitrogens with zero attached hydrogens (tertiary/aromatic N) is 2. The minimum Gasteiger partial charge on any atom is -0.464 e. The molecule has 0 aliphatic carbocycles. The zero-order valence-corrected chi connectivity index (χ0v) is 10.7. The second-order valence-electron chi connectivity index (χ2n) is 4.46. The van der Waals surface area contributed by atoms with E-state index in [4.69, 9.17) is 5.11 Å². The van der Waals surface area contributed by atoms with Crippen LogP contribution in [0.4, 0.5) is 4.79 Å². The molecule has 0 saturated carbocycles. The molecule has 0 atom stereocenters. The molecule has 0 unspecified atom stereocenters. The van der Waals surface area contributed by atoms with Crippen molar-refractivity contribution in [3.05, 3.63) is 21.9 Å². The molecule has 0 aliphatic rings. The third kappa shape index (κ3) is 3.34. The molecule has 1 heterocycles. The Kier molecular flexibility index (Phi) is 3.70. The molecular weight excluding hydrogens is 224 g/mol. The molecule has 0 bridgehead atoms. The molecule has 0 spiro atoms. The van der Waals surface area contributed by atoms with Gasteiger partial charge in [0.2, 0.25) is 0 Å². The van der Waals surface area contributed by atoms with E-state index in [0.29, 0.717) is 0 Å².